The average Bonchev–Trinajstić information content (AvgIpc) is 2.58. The monoisotopic (exact) mass is 235 g/mol. The molecule has 1 heterocycles. The molecule has 0 spiro atoms. The van der Waals surface area contributed by atoms with Crippen molar-refractivity contribution in [2.24, 2.45) is 0 Å². The van der Waals surface area contributed by atoms with Crippen LogP contribution in [0.4, 0.5) is 5.69 Å². The predicted octanol–water partition coefficient (Wildman–Crippen LogP) is 2.72. The summed E-state index contributed by atoms with van der Waals surface area (Å²) in [6.45, 7) is 3.50. The Morgan fingerprint density at radius 2 is 2.12 bits per heavy atom. The van der Waals surface area contributed by atoms with Gasteiger partial charge in [0.25, 0.3) is 0 Å². The van der Waals surface area contributed by atoms with Crippen LogP contribution in [0.3, 0.4) is 0 Å². The van der Waals surface area contributed by atoms with E-state index in [2.05, 4.69) is 5.32 Å². The number of rotatable bonds is 3. The van der Waals surface area contributed by atoms with Gasteiger partial charge in [0, 0.05) is 30.5 Å². The van der Waals surface area contributed by atoms with E-state index in [-0.39, 0.29) is 0 Å². The normalized spacial score (nSPS) is 22.8. The van der Waals surface area contributed by atoms with Crippen molar-refractivity contribution >= 4 is 5.69 Å². The van der Waals surface area contributed by atoms with Crippen LogP contribution >= 0.6 is 0 Å². The Morgan fingerprint density at radius 3 is 2.94 bits per heavy atom. The molecule has 0 radical (unpaired) electrons. The van der Waals surface area contributed by atoms with Crippen molar-refractivity contribution in [3.05, 3.63) is 29.8 Å². The second kappa shape index (κ2) is 6.03. The molecular weight excluding hydrogens is 214 g/mol. The highest BCUT2D eigenvalue weighted by molar-refractivity contribution is 5.52. The van der Waals surface area contributed by atoms with Crippen LogP contribution in [0.25, 0.3) is 0 Å². The molecule has 0 amide bonds. The van der Waals surface area contributed by atoms with E-state index in [0.717, 1.165) is 43.7 Å². The van der Waals surface area contributed by atoms with Gasteiger partial charge in [-0.1, -0.05) is 18.2 Å². The zero-order valence-corrected chi connectivity index (χ0v) is 10.4. The molecule has 3 nitrogen and oxygen atoms in total. The fourth-order valence-corrected chi connectivity index (χ4v) is 2.26. The Bertz CT molecular complexity index is 344. The lowest BCUT2D eigenvalue weighted by molar-refractivity contribution is 0.144. The highest BCUT2D eigenvalue weighted by atomic mass is 16.5. The van der Waals surface area contributed by atoms with E-state index >= 15 is 0 Å². The summed E-state index contributed by atoms with van der Waals surface area (Å²) in [5.41, 5.74) is 2.02. The molecule has 2 unspecified atom stereocenters. The molecule has 1 aromatic carbocycles. The summed E-state index contributed by atoms with van der Waals surface area (Å²) >= 11 is 0. The number of ether oxygens (including phenoxy) is 1. The van der Waals surface area contributed by atoms with Gasteiger partial charge in [0.1, 0.15) is 0 Å². The minimum Gasteiger partial charge on any atom is -0.389 e. The summed E-state index contributed by atoms with van der Waals surface area (Å²) < 4.78 is 5.45. The first kappa shape index (κ1) is 12.4. The van der Waals surface area contributed by atoms with E-state index in [1.165, 1.54) is 0 Å². The predicted molar refractivity (Wildman–Crippen MR) is 69.2 cm³/mol. The summed E-state index contributed by atoms with van der Waals surface area (Å²) in [5.74, 6) is 0. The molecule has 1 aromatic rings. The fourth-order valence-electron chi connectivity index (χ4n) is 2.26. The van der Waals surface area contributed by atoms with E-state index in [1.54, 1.807) is 6.92 Å². The summed E-state index contributed by atoms with van der Waals surface area (Å²) in [6.07, 6.45) is 2.84. The number of para-hydroxylation sites is 1. The van der Waals surface area contributed by atoms with E-state index in [1.807, 2.05) is 24.3 Å². The lowest BCUT2D eigenvalue weighted by atomic mass is 10.1. The number of aliphatic hydroxyl groups excluding tert-OH is 1. The quantitative estimate of drug-likeness (QED) is 0.846. The molecule has 1 saturated heterocycles. The topological polar surface area (TPSA) is 41.5 Å². The number of benzene rings is 1. The van der Waals surface area contributed by atoms with Gasteiger partial charge in [-0.2, -0.15) is 0 Å². The van der Waals surface area contributed by atoms with Gasteiger partial charge in [0.2, 0.25) is 0 Å². The van der Waals surface area contributed by atoms with Crippen LogP contribution in [-0.4, -0.2) is 24.4 Å². The first-order valence-corrected chi connectivity index (χ1v) is 6.38. The van der Waals surface area contributed by atoms with Crippen LogP contribution in [0.15, 0.2) is 24.3 Å². The second-order valence-corrected chi connectivity index (χ2v) is 4.65. The zero-order valence-electron chi connectivity index (χ0n) is 10.4. The molecule has 1 aliphatic heterocycles. The molecule has 0 aromatic heterocycles. The maximum absolute atomic E-state index is 9.72. The molecule has 0 aliphatic carbocycles. The van der Waals surface area contributed by atoms with E-state index < -0.39 is 6.10 Å². The van der Waals surface area contributed by atoms with Crippen molar-refractivity contribution in [2.75, 3.05) is 18.5 Å². The zero-order chi connectivity index (χ0) is 12.1. The van der Waals surface area contributed by atoms with Gasteiger partial charge in [-0.25, -0.2) is 0 Å². The van der Waals surface area contributed by atoms with Crippen molar-refractivity contribution in [3.63, 3.8) is 0 Å². The Kier molecular flexibility index (Phi) is 4.40. The van der Waals surface area contributed by atoms with Gasteiger partial charge >= 0.3 is 0 Å². The van der Waals surface area contributed by atoms with Crippen molar-refractivity contribution < 1.29 is 9.84 Å². The second-order valence-electron chi connectivity index (χ2n) is 4.65. The first-order chi connectivity index (χ1) is 8.27. The van der Waals surface area contributed by atoms with E-state index in [4.69, 9.17) is 4.74 Å². The fraction of sp³-hybridized carbons (Fsp3) is 0.571. The Balaban J connectivity index is 2.06. The summed E-state index contributed by atoms with van der Waals surface area (Å²) in [5, 5.41) is 13.3. The first-order valence-electron chi connectivity index (χ1n) is 6.38. The number of hydrogen-bond donors (Lipinski definition) is 2. The third-order valence-corrected chi connectivity index (χ3v) is 3.22. The van der Waals surface area contributed by atoms with Crippen LogP contribution < -0.4 is 5.32 Å². The van der Waals surface area contributed by atoms with Crippen LogP contribution in [0.1, 0.15) is 37.9 Å². The van der Waals surface area contributed by atoms with Gasteiger partial charge in [-0.05, 0) is 32.3 Å². The highest BCUT2D eigenvalue weighted by Crippen LogP contribution is 2.24. The molecule has 1 fully saturated rings. The molecule has 0 bridgehead atoms. The number of anilines is 1. The van der Waals surface area contributed by atoms with E-state index in [9.17, 15) is 5.11 Å². The summed E-state index contributed by atoms with van der Waals surface area (Å²) in [6, 6.07) is 8.43. The Morgan fingerprint density at radius 1 is 1.29 bits per heavy atom. The highest BCUT2D eigenvalue weighted by Gasteiger charge is 2.14. The number of hydrogen-bond acceptors (Lipinski definition) is 3. The molecule has 2 N–H and O–H groups in total. The average molecular weight is 235 g/mol. The van der Waals surface area contributed by atoms with Gasteiger partial charge < -0.3 is 15.2 Å². The molecular formula is C14H21NO2. The van der Waals surface area contributed by atoms with Gasteiger partial charge in [0.05, 0.1) is 6.10 Å². The SMILES string of the molecule is CC(O)c1ccccc1NC1CCCOCC1. The van der Waals surface area contributed by atoms with Gasteiger partial charge in [-0.3, -0.25) is 0 Å². The maximum atomic E-state index is 9.72. The third-order valence-electron chi connectivity index (χ3n) is 3.22. The van der Waals surface area contributed by atoms with Crippen molar-refractivity contribution in [1.29, 1.82) is 0 Å². The van der Waals surface area contributed by atoms with Crippen molar-refractivity contribution in [1.82, 2.24) is 0 Å². The molecule has 1 aliphatic rings. The van der Waals surface area contributed by atoms with Gasteiger partial charge in [0.15, 0.2) is 0 Å². The molecule has 2 atom stereocenters. The molecule has 94 valence electrons. The van der Waals surface area contributed by atoms with Crippen LogP contribution in [-0.2, 0) is 4.74 Å². The molecule has 3 heteroatoms. The summed E-state index contributed by atoms with van der Waals surface area (Å²) in [7, 11) is 0. The standard InChI is InChI=1S/C14H21NO2/c1-11(16)13-6-2-3-7-14(13)15-12-5-4-9-17-10-8-12/h2-3,6-7,11-12,15-16H,4-5,8-10H2,1H3. The number of nitrogens with one attached hydrogen (secondary N) is 1. The van der Waals surface area contributed by atoms with Crippen molar-refractivity contribution in [2.45, 2.75) is 38.3 Å². The minimum absolute atomic E-state index is 0.430. The van der Waals surface area contributed by atoms with Gasteiger partial charge in [-0.15, -0.1) is 0 Å². The molecule has 0 saturated carbocycles. The van der Waals surface area contributed by atoms with Crippen LogP contribution in [0.5, 0.6) is 0 Å². The Hall–Kier alpha value is -1.06. The summed E-state index contributed by atoms with van der Waals surface area (Å²) in [4.78, 5) is 0. The maximum Gasteiger partial charge on any atom is 0.0781 e. The largest absolute Gasteiger partial charge is 0.389 e. The molecule has 2 rings (SSSR count). The van der Waals surface area contributed by atoms with Crippen molar-refractivity contribution in [3.8, 4) is 0 Å². The third kappa shape index (κ3) is 3.45. The van der Waals surface area contributed by atoms with Crippen LogP contribution in [0, 0.1) is 0 Å². The minimum atomic E-state index is -0.430. The Labute approximate surface area is 103 Å². The smallest absolute Gasteiger partial charge is 0.0781 e. The van der Waals surface area contributed by atoms with Crippen LogP contribution in [0.2, 0.25) is 0 Å². The molecule has 17 heavy (non-hydrogen) atoms. The lowest BCUT2D eigenvalue weighted by Gasteiger charge is -2.20. The van der Waals surface area contributed by atoms with E-state index in [0.29, 0.717) is 6.04 Å². The lowest BCUT2D eigenvalue weighted by Crippen LogP contribution is -2.20. The number of aliphatic hydroxyl groups is 1.